The quantitative estimate of drug-likeness (QED) is 0.821. The molecule has 0 aliphatic carbocycles. The summed E-state index contributed by atoms with van der Waals surface area (Å²) in [5.41, 5.74) is 6.88. The molecule has 1 aliphatic heterocycles. The lowest BCUT2D eigenvalue weighted by Gasteiger charge is -2.30. The van der Waals surface area contributed by atoms with Gasteiger partial charge in [-0.05, 0) is 18.2 Å². The Morgan fingerprint density at radius 2 is 1.95 bits per heavy atom. The molecule has 0 radical (unpaired) electrons. The van der Waals surface area contributed by atoms with Gasteiger partial charge in [-0.25, -0.2) is 0 Å². The number of alkyl halides is 3. The molecule has 21 heavy (non-hydrogen) atoms. The van der Waals surface area contributed by atoms with Gasteiger partial charge in [-0.2, -0.15) is 13.2 Å². The zero-order valence-electron chi connectivity index (χ0n) is 10.7. The summed E-state index contributed by atoms with van der Waals surface area (Å²) in [7, 11) is 0. The summed E-state index contributed by atoms with van der Waals surface area (Å²) < 4.78 is 39.4. The Balaban J connectivity index is 1.90. The number of halogens is 4. The number of nitrogen functional groups attached to an aromatic ring is 1. The van der Waals surface area contributed by atoms with Crippen LogP contribution in [0.1, 0.15) is 11.6 Å². The molecule has 0 unspecified atom stereocenters. The van der Waals surface area contributed by atoms with Crippen LogP contribution < -0.4 is 10.6 Å². The molecule has 1 aromatic carbocycles. The van der Waals surface area contributed by atoms with E-state index in [1.54, 1.807) is 18.2 Å². The Morgan fingerprint density at radius 3 is 2.62 bits per heavy atom. The molecular formula is C12H11ClF3N5. The first-order chi connectivity index (χ1) is 9.86. The minimum absolute atomic E-state index is 0.151. The van der Waals surface area contributed by atoms with Crippen molar-refractivity contribution >= 4 is 23.0 Å². The van der Waals surface area contributed by atoms with Crippen molar-refractivity contribution < 1.29 is 13.2 Å². The molecular weight excluding hydrogens is 307 g/mol. The predicted octanol–water partition coefficient (Wildman–Crippen LogP) is 2.55. The van der Waals surface area contributed by atoms with Crippen LogP contribution in [0.4, 0.5) is 24.5 Å². The number of aromatic nitrogens is 3. The highest BCUT2D eigenvalue weighted by atomic mass is 35.5. The fraction of sp³-hybridized carbons (Fsp3) is 0.333. The van der Waals surface area contributed by atoms with Crippen LogP contribution in [-0.4, -0.2) is 21.3 Å². The van der Waals surface area contributed by atoms with E-state index in [0.717, 1.165) is 4.57 Å². The first-order valence-electron chi connectivity index (χ1n) is 6.15. The van der Waals surface area contributed by atoms with Gasteiger partial charge < -0.3 is 15.2 Å². The third-order valence-electron chi connectivity index (χ3n) is 3.32. The van der Waals surface area contributed by atoms with Gasteiger partial charge in [0.25, 0.3) is 0 Å². The molecule has 0 spiro atoms. The number of fused-ring (bicyclic) bond motifs is 1. The second-order valence-electron chi connectivity index (χ2n) is 4.72. The summed E-state index contributed by atoms with van der Waals surface area (Å²) in [5.74, 6) is -0.693. The average Bonchev–Trinajstić information content (AvgIpc) is 2.81. The van der Waals surface area contributed by atoms with Crippen LogP contribution >= 0.6 is 11.6 Å². The third kappa shape index (κ3) is 2.51. The topological polar surface area (TPSA) is 60.0 Å². The standard InChI is InChI=1S/C12H11ClF3N5/c13-8-5-7(17)1-2-9(8)20-3-4-21-10(6-20)18-19-11(21)12(14,15)16/h1-2,5H,3-4,6,17H2. The second kappa shape index (κ2) is 4.80. The number of anilines is 2. The molecule has 0 bridgehead atoms. The molecule has 1 aliphatic rings. The third-order valence-corrected chi connectivity index (χ3v) is 3.62. The second-order valence-corrected chi connectivity index (χ2v) is 5.13. The van der Waals surface area contributed by atoms with E-state index in [2.05, 4.69) is 10.2 Å². The van der Waals surface area contributed by atoms with E-state index in [-0.39, 0.29) is 18.9 Å². The molecule has 0 atom stereocenters. The van der Waals surface area contributed by atoms with Gasteiger partial charge in [0.05, 0.1) is 17.3 Å². The Morgan fingerprint density at radius 1 is 1.19 bits per heavy atom. The van der Waals surface area contributed by atoms with Crippen molar-refractivity contribution in [2.75, 3.05) is 17.2 Å². The maximum absolute atomic E-state index is 12.8. The van der Waals surface area contributed by atoms with Crippen molar-refractivity contribution in [1.29, 1.82) is 0 Å². The van der Waals surface area contributed by atoms with E-state index in [1.165, 1.54) is 0 Å². The van der Waals surface area contributed by atoms with Crippen LogP contribution in [0.2, 0.25) is 5.02 Å². The summed E-state index contributed by atoms with van der Waals surface area (Å²) in [4.78, 5) is 1.85. The van der Waals surface area contributed by atoms with Crippen LogP contribution in [0, 0.1) is 0 Å². The maximum Gasteiger partial charge on any atom is 0.451 e. The number of hydrogen-bond acceptors (Lipinski definition) is 4. The highest BCUT2D eigenvalue weighted by Gasteiger charge is 2.39. The fourth-order valence-electron chi connectivity index (χ4n) is 2.35. The molecule has 112 valence electrons. The SMILES string of the molecule is Nc1ccc(N2CCn3c(nnc3C(F)(F)F)C2)c(Cl)c1. The Bertz CT molecular complexity index is 682. The highest BCUT2D eigenvalue weighted by molar-refractivity contribution is 6.33. The van der Waals surface area contributed by atoms with Gasteiger partial charge in [0.1, 0.15) is 0 Å². The first kappa shape index (κ1) is 14.0. The Hall–Kier alpha value is -1.96. The van der Waals surface area contributed by atoms with Gasteiger partial charge in [-0.3, -0.25) is 0 Å². The van der Waals surface area contributed by atoms with E-state index in [0.29, 0.717) is 22.9 Å². The number of nitrogens with two attached hydrogens (primary N) is 1. The molecule has 0 saturated carbocycles. The van der Waals surface area contributed by atoms with Crippen LogP contribution in [0.5, 0.6) is 0 Å². The maximum atomic E-state index is 12.8. The van der Waals surface area contributed by atoms with Crippen LogP contribution in [0.25, 0.3) is 0 Å². The lowest BCUT2D eigenvalue weighted by Crippen LogP contribution is -2.35. The molecule has 0 amide bonds. The summed E-state index contributed by atoms with van der Waals surface area (Å²) in [6, 6.07) is 5.05. The molecule has 1 aromatic heterocycles. The van der Waals surface area contributed by atoms with Crippen molar-refractivity contribution in [1.82, 2.24) is 14.8 Å². The van der Waals surface area contributed by atoms with Crippen molar-refractivity contribution in [2.24, 2.45) is 0 Å². The first-order valence-corrected chi connectivity index (χ1v) is 6.53. The number of nitrogens with zero attached hydrogens (tertiary/aromatic N) is 4. The molecule has 3 rings (SSSR count). The highest BCUT2D eigenvalue weighted by Crippen LogP contribution is 2.33. The smallest absolute Gasteiger partial charge is 0.399 e. The molecule has 9 heteroatoms. The van der Waals surface area contributed by atoms with E-state index in [4.69, 9.17) is 17.3 Å². The van der Waals surface area contributed by atoms with Crippen molar-refractivity contribution in [3.63, 3.8) is 0 Å². The summed E-state index contributed by atoms with van der Waals surface area (Å²) in [6.45, 7) is 0.752. The van der Waals surface area contributed by atoms with Gasteiger partial charge in [0.15, 0.2) is 5.82 Å². The van der Waals surface area contributed by atoms with Crippen molar-refractivity contribution in [2.45, 2.75) is 19.3 Å². The molecule has 5 nitrogen and oxygen atoms in total. The van der Waals surface area contributed by atoms with Gasteiger partial charge in [0.2, 0.25) is 5.82 Å². The molecule has 2 N–H and O–H groups in total. The average molecular weight is 318 g/mol. The largest absolute Gasteiger partial charge is 0.451 e. The van der Waals surface area contributed by atoms with Gasteiger partial charge in [0, 0.05) is 18.8 Å². The van der Waals surface area contributed by atoms with E-state index in [9.17, 15) is 13.2 Å². The van der Waals surface area contributed by atoms with Crippen molar-refractivity contribution in [3.05, 3.63) is 34.9 Å². The molecule has 0 fully saturated rings. The summed E-state index contributed by atoms with van der Waals surface area (Å²) >= 11 is 6.12. The Kier molecular flexibility index (Phi) is 3.20. The minimum Gasteiger partial charge on any atom is -0.399 e. The lowest BCUT2D eigenvalue weighted by molar-refractivity contribution is -0.147. The van der Waals surface area contributed by atoms with E-state index >= 15 is 0 Å². The Labute approximate surface area is 123 Å². The normalized spacial score (nSPS) is 15.1. The zero-order chi connectivity index (χ0) is 15.2. The van der Waals surface area contributed by atoms with Crippen LogP contribution in [-0.2, 0) is 19.3 Å². The predicted molar refractivity (Wildman–Crippen MR) is 71.9 cm³/mol. The van der Waals surface area contributed by atoms with Gasteiger partial charge in [-0.1, -0.05) is 11.6 Å². The molecule has 0 saturated heterocycles. The molecule has 2 aromatic rings. The summed E-state index contributed by atoms with van der Waals surface area (Å²) in [5, 5.41) is 7.33. The number of hydrogen-bond donors (Lipinski definition) is 1. The monoisotopic (exact) mass is 317 g/mol. The lowest BCUT2D eigenvalue weighted by atomic mass is 10.2. The number of benzene rings is 1. The van der Waals surface area contributed by atoms with Crippen molar-refractivity contribution in [3.8, 4) is 0 Å². The minimum atomic E-state index is -4.49. The molecule has 2 heterocycles. The van der Waals surface area contributed by atoms with Gasteiger partial charge >= 0.3 is 6.18 Å². The van der Waals surface area contributed by atoms with Crippen LogP contribution in [0.3, 0.4) is 0 Å². The van der Waals surface area contributed by atoms with Crippen LogP contribution in [0.15, 0.2) is 18.2 Å². The number of rotatable bonds is 1. The summed E-state index contributed by atoms with van der Waals surface area (Å²) in [6.07, 6.45) is -4.49. The van der Waals surface area contributed by atoms with E-state index < -0.39 is 12.0 Å². The van der Waals surface area contributed by atoms with Gasteiger partial charge in [-0.15, -0.1) is 10.2 Å². The zero-order valence-corrected chi connectivity index (χ0v) is 11.5. The van der Waals surface area contributed by atoms with E-state index in [1.807, 2.05) is 4.90 Å². The fourth-order valence-corrected chi connectivity index (χ4v) is 2.66.